The number of benzene rings is 2. The molecule has 0 unspecified atom stereocenters. The number of amidine groups is 1. The third-order valence-electron chi connectivity index (χ3n) is 3.56. The fourth-order valence-corrected chi connectivity index (χ4v) is 3.68. The van der Waals surface area contributed by atoms with Gasteiger partial charge in [-0.3, -0.25) is 19.3 Å². The van der Waals surface area contributed by atoms with Gasteiger partial charge < -0.3 is 4.74 Å². The molecule has 0 aromatic heterocycles. The Morgan fingerprint density at radius 2 is 1.77 bits per heavy atom. The van der Waals surface area contributed by atoms with Crippen LogP contribution in [0.3, 0.4) is 0 Å². The van der Waals surface area contributed by atoms with E-state index in [0.717, 1.165) is 0 Å². The number of hydrogen-bond donors (Lipinski definition) is 1. The zero-order valence-electron chi connectivity index (χ0n) is 13.3. The molecule has 0 amide bonds. The van der Waals surface area contributed by atoms with Crippen molar-refractivity contribution in [3.8, 4) is 0 Å². The minimum Gasteiger partial charge on any atom is -0.456 e. The van der Waals surface area contributed by atoms with E-state index in [1.54, 1.807) is 30.3 Å². The van der Waals surface area contributed by atoms with Crippen molar-refractivity contribution in [3.05, 3.63) is 64.7 Å². The van der Waals surface area contributed by atoms with Gasteiger partial charge in [-0.25, -0.2) is 8.42 Å². The highest BCUT2D eigenvalue weighted by Gasteiger charge is 2.30. The van der Waals surface area contributed by atoms with Gasteiger partial charge in [-0.2, -0.15) is 0 Å². The first kappa shape index (κ1) is 18.1. The number of Topliss-reactive ketones (excluding diaryl/α,β-unsaturated/α-hetero) is 1. The van der Waals surface area contributed by atoms with Gasteiger partial charge in [-0.05, 0) is 36.4 Å². The Balaban J connectivity index is 1.60. The number of sulfonamides is 1. The van der Waals surface area contributed by atoms with Crippen LogP contribution in [0.4, 0.5) is 0 Å². The Labute approximate surface area is 154 Å². The number of ketones is 1. The molecule has 0 radical (unpaired) electrons. The molecule has 0 saturated carbocycles. The largest absolute Gasteiger partial charge is 0.456 e. The summed E-state index contributed by atoms with van der Waals surface area (Å²) in [5.74, 6) is -1.06. The lowest BCUT2D eigenvalue weighted by molar-refractivity contribution is -0.140. The molecule has 7 nitrogen and oxygen atoms in total. The molecule has 2 aromatic carbocycles. The fraction of sp³-hybridized carbons (Fsp3) is 0.118. The van der Waals surface area contributed by atoms with Crippen molar-refractivity contribution < 1.29 is 22.7 Å². The van der Waals surface area contributed by atoms with Gasteiger partial charge in [0.25, 0.3) is 10.0 Å². The number of nitrogens with zero attached hydrogens (tertiary/aromatic N) is 1. The van der Waals surface area contributed by atoms with E-state index < -0.39 is 29.1 Å². The molecular weight excluding hydrogens is 380 g/mol. The van der Waals surface area contributed by atoms with Gasteiger partial charge in [-0.15, -0.1) is 0 Å². The number of fused-ring (bicyclic) bond motifs is 1. The van der Waals surface area contributed by atoms with E-state index in [2.05, 4.69) is 9.71 Å². The smallest absolute Gasteiger partial charge is 0.328 e. The molecule has 3 rings (SSSR count). The highest BCUT2D eigenvalue weighted by Crippen LogP contribution is 2.22. The topological polar surface area (TPSA) is 102 Å². The molecule has 1 aliphatic rings. The molecule has 1 aliphatic heterocycles. The Bertz CT molecular complexity index is 1000. The molecule has 0 aliphatic carbocycles. The standard InChI is InChI=1S/C17H13ClN2O5S/c18-12-7-5-11(6-8-12)14(21)10-25-16(22)9-19-17-13-3-1-2-4-15(13)26(23,24)20-17/h1-8H,9-10H2,(H,19,20). The number of rotatable bonds is 5. The summed E-state index contributed by atoms with van der Waals surface area (Å²) in [4.78, 5) is 27.8. The lowest BCUT2D eigenvalue weighted by Gasteiger charge is -2.04. The van der Waals surface area contributed by atoms with Gasteiger partial charge in [0, 0.05) is 16.1 Å². The first-order chi connectivity index (χ1) is 12.4. The van der Waals surface area contributed by atoms with E-state index >= 15 is 0 Å². The Hall–Kier alpha value is -2.71. The first-order valence-corrected chi connectivity index (χ1v) is 9.34. The molecule has 9 heteroatoms. The lowest BCUT2D eigenvalue weighted by Crippen LogP contribution is -2.24. The number of ether oxygens (including phenoxy) is 1. The summed E-state index contributed by atoms with van der Waals surface area (Å²) in [5.41, 5.74) is 0.753. The first-order valence-electron chi connectivity index (χ1n) is 7.48. The molecule has 1 heterocycles. The summed E-state index contributed by atoms with van der Waals surface area (Å²) in [6, 6.07) is 12.5. The van der Waals surface area contributed by atoms with E-state index in [1.165, 1.54) is 18.2 Å². The van der Waals surface area contributed by atoms with E-state index in [0.29, 0.717) is 16.1 Å². The zero-order valence-corrected chi connectivity index (χ0v) is 14.9. The molecule has 0 bridgehead atoms. The summed E-state index contributed by atoms with van der Waals surface area (Å²) in [6.07, 6.45) is 0. The monoisotopic (exact) mass is 392 g/mol. The lowest BCUT2D eigenvalue weighted by atomic mass is 10.1. The fourth-order valence-electron chi connectivity index (χ4n) is 2.31. The molecule has 2 aromatic rings. The molecule has 26 heavy (non-hydrogen) atoms. The van der Waals surface area contributed by atoms with Crippen molar-refractivity contribution in [2.75, 3.05) is 13.2 Å². The number of esters is 1. The molecule has 0 fully saturated rings. The quantitative estimate of drug-likeness (QED) is 0.617. The molecule has 0 saturated heterocycles. The van der Waals surface area contributed by atoms with Gasteiger partial charge in [0.15, 0.2) is 12.4 Å². The Morgan fingerprint density at radius 3 is 2.50 bits per heavy atom. The third-order valence-corrected chi connectivity index (χ3v) is 5.21. The maximum Gasteiger partial charge on any atom is 0.328 e. The van der Waals surface area contributed by atoms with Crippen LogP contribution >= 0.6 is 11.6 Å². The van der Waals surface area contributed by atoms with Crippen LogP contribution in [0, 0.1) is 0 Å². The molecular formula is C17H13ClN2O5S. The van der Waals surface area contributed by atoms with Crippen molar-refractivity contribution in [1.82, 2.24) is 4.72 Å². The third kappa shape index (κ3) is 3.92. The van der Waals surface area contributed by atoms with Crippen LogP contribution < -0.4 is 4.72 Å². The van der Waals surface area contributed by atoms with E-state index in [9.17, 15) is 18.0 Å². The van der Waals surface area contributed by atoms with Crippen LogP contribution in [-0.4, -0.2) is 39.2 Å². The number of carbonyl (C=O) groups excluding carboxylic acids is 2. The second-order valence-corrected chi connectivity index (χ2v) is 7.44. The van der Waals surface area contributed by atoms with Crippen molar-refractivity contribution in [3.63, 3.8) is 0 Å². The average molecular weight is 393 g/mol. The number of nitrogens with one attached hydrogen (secondary N) is 1. The maximum atomic E-state index is 11.9. The van der Waals surface area contributed by atoms with Crippen LogP contribution in [-0.2, 0) is 19.6 Å². The van der Waals surface area contributed by atoms with Gasteiger partial charge in [-0.1, -0.05) is 23.7 Å². The minimum atomic E-state index is -3.67. The Kier molecular flexibility index (Phi) is 5.06. The van der Waals surface area contributed by atoms with Crippen molar-refractivity contribution in [2.24, 2.45) is 4.99 Å². The SMILES string of the molecule is O=C(CN=C1NS(=O)(=O)c2ccccc21)OCC(=O)c1ccc(Cl)cc1. The van der Waals surface area contributed by atoms with Crippen LogP contribution in [0.25, 0.3) is 0 Å². The average Bonchev–Trinajstić information content (AvgIpc) is 2.89. The maximum absolute atomic E-state index is 11.9. The van der Waals surface area contributed by atoms with Crippen molar-refractivity contribution in [1.29, 1.82) is 0 Å². The minimum absolute atomic E-state index is 0.0709. The predicted molar refractivity (Wildman–Crippen MR) is 94.9 cm³/mol. The summed E-state index contributed by atoms with van der Waals surface area (Å²) in [5, 5.41) is 0.494. The second kappa shape index (κ2) is 7.27. The van der Waals surface area contributed by atoms with Crippen LogP contribution in [0.5, 0.6) is 0 Å². The van der Waals surface area contributed by atoms with Crippen LogP contribution in [0.2, 0.25) is 5.02 Å². The molecule has 0 atom stereocenters. The predicted octanol–water partition coefficient (Wildman–Crippen LogP) is 1.80. The molecule has 1 N–H and O–H groups in total. The van der Waals surface area contributed by atoms with Crippen LogP contribution in [0.15, 0.2) is 58.4 Å². The van der Waals surface area contributed by atoms with Crippen molar-refractivity contribution >= 4 is 39.2 Å². The summed E-state index contributed by atoms with van der Waals surface area (Å²) in [6.45, 7) is -0.853. The van der Waals surface area contributed by atoms with E-state index in [1.807, 2.05) is 0 Å². The molecule has 0 spiro atoms. The summed E-state index contributed by atoms with van der Waals surface area (Å²) < 4.78 is 31.0. The van der Waals surface area contributed by atoms with Crippen LogP contribution in [0.1, 0.15) is 15.9 Å². The summed E-state index contributed by atoms with van der Waals surface area (Å²) >= 11 is 5.74. The second-order valence-electron chi connectivity index (χ2n) is 5.36. The number of carbonyl (C=O) groups is 2. The van der Waals surface area contributed by atoms with Gasteiger partial charge >= 0.3 is 5.97 Å². The zero-order chi connectivity index (χ0) is 18.7. The van der Waals surface area contributed by atoms with Gasteiger partial charge in [0.2, 0.25) is 0 Å². The highest BCUT2D eigenvalue weighted by atomic mass is 35.5. The van der Waals surface area contributed by atoms with Crippen molar-refractivity contribution in [2.45, 2.75) is 4.90 Å². The number of aliphatic imine (C=N–C) groups is 1. The van der Waals surface area contributed by atoms with E-state index in [-0.39, 0.29) is 16.5 Å². The molecule has 134 valence electrons. The number of hydrogen-bond acceptors (Lipinski definition) is 6. The number of halogens is 1. The highest BCUT2D eigenvalue weighted by molar-refractivity contribution is 7.90. The van der Waals surface area contributed by atoms with Gasteiger partial charge in [0.05, 0.1) is 4.90 Å². The summed E-state index contributed by atoms with van der Waals surface area (Å²) in [7, 11) is -3.67. The van der Waals surface area contributed by atoms with E-state index in [4.69, 9.17) is 16.3 Å². The Morgan fingerprint density at radius 1 is 1.08 bits per heavy atom. The normalized spacial score (nSPS) is 16.0. The van der Waals surface area contributed by atoms with Gasteiger partial charge in [0.1, 0.15) is 12.4 Å².